The highest BCUT2D eigenvalue weighted by Gasteiger charge is 2.36. The number of carbonyl (C=O) groups is 4. The van der Waals surface area contributed by atoms with Gasteiger partial charge in [-0.15, -0.1) is 0 Å². The van der Waals surface area contributed by atoms with Crippen LogP contribution in [0.5, 0.6) is 0 Å². The normalized spacial score (nSPS) is 16.5. The van der Waals surface area contributed by atoms with Gasteiger partial charge in [0.25, 0.3) is 0 Å². The first-order valence-electron chi connectivity index (χ1n) is 15.2. The Morgan fingerprint density at radius 2 is 1.62 bits per heavy atom. The van der Waals surface area contributed by atoms with Gasteiger partial charge in [-0.25, -0.2) is 4.79 Å². The van der Waals surface area contributed by atoms with Crippen molar-refractivity contribution in [1.29, 1.82) is 0 Å². The van der Waals surface area contributed by atoms with E-state index in [2.05, 4.69) is 16.0 Å². The fourth-order valence-corrected chi connectivity index (χ4v) is 5.22. The van der Waals surface area contributed by atoms with E-state index in [0.29, 0.717) is 25.3 Å². The van der Waals surface area contributed by atoms with Crippen LogP contribution in [-0.2, 0) is 25.5 Å². The largest absolute Gasteiger partial charge is 0.481 e. The van der Waals surface area contributed by atoms with Crippen LogP contribution < -0.4 is 16.0 Å². The zero-order valence-corrected chi connectivity index (χ0v) is 25.9. The summed E-state index contributed by atoms with van der Waals surface area (Å²) in [5, 5.41) is 29.0. The monoisotopic (exact) mass is 589 g/mol. The molecule has 3 amide bonds. The molecule has 1 saturated carbocycles. The van der Waals surface area contributed by atoms with Crippen LogP contribution in [0.4, 0.5) is 4.79 Å². The second kappa shape index (κ2) is 16.5. The summed E-state index contributed by atoms with van der Waals surface area (Å²) in [6, 6.07) is 8.02. The van der Waals surface area contributed by atoms with Crippen molar-refractivity contribution in [3.8, 4) is 0 Å². The van der Waals surface area contributed by atoms with Crippen molar-refractivity contribution in [2.75, 3.05) is 6.54 Å². The second-order valence-electron chi connectivity index (χ2n) is 13.2. The van der Waals surface area contributed by atoms with Crippen LogP contribution in [0, 0.1) is 11.3 Å². The Morgan fingerprint density at radius 3 is 2.21 bits per heavy atom. The average Bonchev–Trinajstić information content (AvgIpc) is 2.90. The van der Waals surface area contributed by atoms with Crippen molar-refractivity contribution >= 4 is 23.9 Å². The van der Waals surface area contributed by atoms with Crippen molar-refractivity contribution in [2.24, 2.45) is 11.3 Å². The number of hydrogen-bond acceptors (Lipinski definition) is 6. The number of aliphatic carboxylic acids is 1. The highest BCUT2D eigenvalue weighted by Crippen LogP contribution is 2.29. The molecule has 1 aliphatic rings. The van der Waals surface area contributed by atoms with Crippen molar-refractivity contribution in [3.63, 3.8) is 0 Å². The fourth-order valence-electron chi connectivity index (χ4n) is 5.22. The van der Waals surface area contributed by atoms with E-state index in [0.717, 1.165) is 44.1 Å². The quantitative estimate of drug-likeness (QED) is 0.191. The molecule has 42 heavy (non-hydrogen) atoms. The number of nitrogens with one attached hydrogen (secondary N) is 3. The summed E-state index contributed by atoms with van der Waals surface area (Å²) in [6.45, 7) is 8.60. The van der Waals surface area contributed by atoms with Gasteiger partial charge >= 0.3 is 12.1 Å². The Bertz CT molecular complexity index is 1020. The number of aliphatic hydroxyl groups is 1. The Morgan fingerprint density at radius 1 is 0.976 bits per heavy atom. The number of aryl methyl sites for hydroxylation is 1. The van der Waals surface area contributed by atoms with Gasteiger partial charge in [0.2, 0.25) is 11.8 Å². The van der Waals surface area contributed by atoms with Gasteiger partial charge in [-0.2, -0.15) is 0 Å². The van der Waals surface area contributed by atoms with E-state index in [1.165, 1.54) is 13.8 Å². The predicted octanol–water partition coefficient (Wildman–Crippen LogP) is 4.34. The first-order chi connectivity index (χ1) is 19.7. The lowest BCUT2D eigenvalue weighted by molar-refractivity contribution is -0.148. The third kappa shape index (κ3) is 13.2. The molecule has 1 fully saturated rings. The third-order valence-corrected chi connectivity index (χ3v) is 7.60. The lowest BCUT2D eigenvalue weighted by atomic mass is 9.83. The first kappa shape index (κ1) is 35.1. The van der Waals surface area contributed by atoms with Crippen LogP contribution in [0.25, 0.3) is 0 Å². The third-order valence-electron chi connectivity index (χ3n) is 7.60. The number of rotatable bonds is 15. The van der Waals surface area contributed by atoms with Crippen molar-refractivity contribution < 1.29 is 34.1 Å². The summed E-state index contributed by atoms with van der Waals surface area (Å²) in [4.78, 5) is 50.6. The molecule has 0 bridgehead atoms. The van der Waals surface area contributed by atoms with E-state index in [-0.39, 0.29) is 12.8 Å². The molecular formula is C32H51N3O7. The van der Waals surface area contributed by atoms with Gasteiger partial charge in [0.1, 0.15) is 11.6 Å². The zero-order valence-electron chi connectivity index (χ0n) is 25.9. The second-order valence-corrected chi connectivity index (χ2v) is 13.2. The molecule has 10 heteroatoms. The van der Waals surface area contributed by atoms with E-state index >= 15 is 0 Å². The molecule has 3 atom stereocenters. The van der Waals surface area contributed by atoms with Crippen LogP contribution in [0.15, 0.2) is 30.3 Å². The number of amides is 3. The average molecular weight is 590 g/mol. The maximum absolute atomic E-state index is 13.1. The molecule has 0 heterocycles. The van der Waals surface area contributed by atoms with Gasteiger partial charge in [-0.3, -0.25) is 14.4 Å². The number of alkyl carbamates (subject to hydrolysis) is 1. The number of hydrogen-bond donors (Lipinski definition) is 5. The van der Waals surface area contributed by atoms with E-state index < -0.39 is 53.1 Å². The lowest BCUT2D eigenvalue weighted by Crippen LogP contribution is -2.52. The summed E-state index contributed by atoms with van der Waals surface area (Å²) < 4.78 is 5.39. The minimum absolute atomic E-state index is 0.129. The Labute approximate surface area is 250 Å². The first-order valence-corrected chi connectivity index (χ1v) is 15.2. The molecule has 2 rings (SSSR count). The number of carbonyl (C=O) groups excluding carboxylic acids is 3. The molecule has 10 nitrogen and oxygen atoms in total. The van der Waals surface area contributed by atoms with Gasteiger partial charge in [0, 0.05) is 6.54 Å². The molecule has 1 aliphatic carbocycles. The Kier molecular flexibility index (Phi) is 13.8. The minimum Gasteiger partial charge on any atom is -0.481 e. The number of benzene rings is 1. The molecule has 0 radical (unpaired) electrons. The molecule has 0 saturated heterocycles. The lowest BCUT2D eigenvalue weighted by Gasteiger charge is -2.31. The van der Waals surface area contributed by atoms with Crippen LogP contribution in [-0.4, -0.2) is 64.4 Å². The Hall–Kier alpha value is -3.14. The SMILES string of the molecule is CC(C)(C)OC(=O)N[C@@H](CC1CCCCC1)[C@@H](O)CC(=O)N[C@@H](CC(C)(C)C(=O)O)C(=O)NCCCc1ccccc1. The van der Waals surface area contributed by atoms with Gasteiger partial charge in [-0.1, -0.05) is 62.4 Å². The summed E-state index contributed by atoms with van der Waals surface area (Å²) in [5.41, 5.74) is -0.861. The van der Waals surface area contributed by atoms with Crippen LogP contribution in [0.3, 0.4) is 0 Å². The van der Waals surface area contributed by atoms with Gasteiger partial charge < -0.3 is 30.9 Å². The molecule has 1 aromatic rings. The highest BCUT2D eigenvalue weighted by molar-refractivity contribution is 5.88. The zero-order chi connectivity index (χ0) is 31.3. The maximum atomic E-state index is 13.1. The molecule has 0 spiro atoms. The summed E-state index contributed by atoms with van der Waals surface area (Å²) in [6.07, 6.45) is 4.87. The van der Waals surface area contributed by atoms with E-state index in [4.69, 9.17) is 4.74 Å². The molecule has 5 N–H and O–H groups in total. The van der Waals surface area contributed by atoms with E-state index in [1.807, 2.05) is 30.3 Å². The fraction of sp³-hybridized carbons (Fsp3) is 0.688. The molecule has 236 valence electrons. The van der Waals surface area contributed by atoms with Crippen molar-refractivity contribution in [2.45, 2.75) is 123 Å². The summed E-state index contributed by atoms with van der Waals surface area (Å²) in [7, 11) is 0. The summed E-state index contributed by atoms with van der Waals surface area (Å²) in [5.74, 6) is -1.87. The minimum atomic E-state index is -1.28. The molecule has 0 aliphatic heterocycles. The number of carboxylic acid groups (broad SMARTS) is 1. The number of aliphatic hydroxyl groups excluding tert-OH is 1. The maximum Gasteiger partial charge on any atom is 0.407 e. The van der Waals surface area contributed by atoms with E-state index in [9.17, 15) is 29.4 Å². The van der Waals surface area contributed by atoms with E-state index in [1.54, 1.807) is 20.8 Å². The number of carboxylic acids is 1. The Balaban J connectivity index is 2.05. The molecular weight excluding hydrogens is 538 g/mol. The summed E-state index contributed by atoms with van der Waals surface area (Å²) >= 11 is 0. The molecule has 0 aromatic heterocycles. The smallest absolute Gasteiger partial charge is 0.407 e. The predicted molar refractivity (Wildman–Crippen MR) is 161 cm³/mol. The topological polar surface area (TPSA) is 154 Å². The standard InChI is InChI=1S/C32H51N3O7/c1-31(2,3)42-30(41)35-24(19-23-15-10-7-11-16-23)26(36)20-27(37)34-25(21-32(4,5)29(39)40)28(38)33-18-12-17-22-13-8-6-9-14-22/h6,8-9,13-14,23-26,36H,7,10-12,15-21H2,1-5H3,(H,33,38)(H,34,37)(H,35,41)(H,39,40)/t24-,25-,26-/m0/s1. The van der Waals surface area contributed by atoms with Crippen molar-refractivity contribution in [3.05, 3.63) is 35.9 Å². The van der Waals surface area contributed by atoms with Crippen LogP contribution >= 0.6 is 0 Å². The van der Waals surface area contributed by atoms with Gasteiger partial charge in [0.15, 0.2) is 0 Å². The van der Waals surface area contributed by atoms with Crippen molar-refractivity contribution in [1.82, 2.24) is 16.0 Å². The van der Waals surface area contributed by atoms with Gasteiger partial charge in [0.05, 0.1) is 24.0 Å². The van der Waals surface area contributed by atoms with Crippen LogP contribution in [0.1, 0.15) is 98.0 Å². The molecule has 1 aromatic carbocycles. The highest BCUT2D eigenvalue weighted by atomic mass is 16.6. The van der Waals surface area contributed by atoms with Gasteiger partial charge in [-0.05, 0) is 71.8 Å². The molecule has 0 unspecified atom stereocenters. The number of ether oxygens (including phenoxy) is 1. The van der Waals surface area contributed by atoms with Crippen LogP contribution in [0.2, 0.25) is 0 Å².